The maximum Gasteiger partial charge on any atom is 0.0865 e. The predicted octanol–water partition coefficient (Wildman–Crippen LogP) is 3.40. The van der Waals surface area contributed by atoms with E-state index in [4.69, 9.17) is 5.21 Å². The molecule has 0 bridgehead atoms. The summed E-state index contributed by atoms with van der Waals surface area (Å²) in [6, 6.07) is 8.18. The first-order valence-electron chi connectivity index (χ1n) is 5.00. The molecule has 1 aromatic carbocycles. The van der Waals surface area contributed by atoms with Crippen LogP contribution in [-0.2, 0) is 0 Å². The molecule has 1 rings (SSSR count). The topological polar surface area (TPSA) is 32.6 Å². The highest BCUT2D eigenvalue weighted by molar-refractivity contribution is 5.99. The summed E-state index contributed by atoms with van der Waals surface area (Å²) in [6.45, 7) is 6.30. The third kappa shape index (κ3) is 2.34. The molecule has 2 nitrogen and oxygen atoms in total. The van der Waals surface area contributed by atoms with Gasteiger partial charge in [-0.2, -0.15) is 0 Å². The first kappa shape index (κ1) is 10.8. The van der Waals surface area contributed by atoms with E-state index in [1.807, 2.05) is 19.1 Å². The van der Waals surface area contributed by atoms with Crippen molar-refractivity contribution in [2.24, 2.45) is 5.16 Å². The first-order valence-corrected chi connectivity index (χ1v) is 5.00. The molecule has 0 amide bonds. The van der Waals surface area contributed by atoms with E-state index in [2.05, 4.69) is 31.1 Å². The Morgan fingerprint density at radius 2 is 1.86 bits per heavy atom. The van der Waals surface area contributed by atoms with Crippen molar-refractivity contribution in [1.29, 1.82) is 0 Å². The second-order valence-corrected chi connectivity index (χ2v) is 3.68. The van der Waals surface area contributed by atoms with Gasteiger partial charge in [0, 0.05) is 0 Å². The average molecular weight is 191 g/mol. The maximum atomic E-state index is 8.75. The Bertz CT molecular complexity index is 312. The maximum absolute atomic E-state index is 8.75. The summed E-state index contributed by atoms with van der Waals surface area (Å²) in [5.74, 6) is 0.542. The van der Waals surface area contributed by atoms with E-state index >= 15 is 0 Å². The zero-order chi connectivity index (χ0) is 10.6. The minimum atomic E-state index is 0.542. The molecule has 0 aromatic heterocycles. The van der Waals surface area contributed by atoms with Crippen LogP contribution >= 0.6 is 0 Å². The minimum absolute atomic E-state index is 0.542. The van der Waals surface area contributed by atoms with Gasteiger partial charge in [0.25, 0.3) is 0 Å². The van der Waals surface area contributed by atoms with Crippen molar-refractivity contribution < 1.29 is 5.21 Å². The number of rotatable bonds is 3. The third-order valence-corrected chi connectivity index (χ3v) is 2.37. The number of benzene rings is 1. The normalized spacial score (nSPS) is 12.1. The number of oxime groups is 1. The Morgan fingerprint density at radius 1 is 1.29 bits per heavy atom. The summed E-state index contributed by atoms with van der Waals surface area (Å²) < 4.78 is 0. The van der Waals surface area contributed by atoms with Gasteiger partial charge in [-0.1, -0.05) is 50.2 Å². The van der Waals surface area contributed by atoms with Gasteiger partial charge in [0.05, 0.1) is 5.71 Å². The SMILES string of the molecule is CC/C(=N\O)c1ccc(C(C)C)cc1. The molecule has 0 radical (unpaired) electrons. The van der Waals surface area contributed by atoms with E-state index in [0.29, 0.717) is 5.92 Å². The molecule has 0 fully saturated rings. The van der Waals surface area contributed by atoms with Gasteiger partial charge in [-0.15, -0.1) is 0 Å². The smallest absolute Gasteiger partial charge is 0.0865 e. The summed E-state index contributed by atoms with van der Waals surface area (Å²) in [5.41, 5.74) is 3.04. The predicted molar refractivity (Wildman–Crippen MR) is 59.1 cm³/mol. The lowest BCUT2D eigenvalue weighted by Gasteiger charge is -2.06. The molecular formula is C12H17NO. The Labute approximate surface area is 85.3 Å². The van der Waals surface area contributed by atoms with Crippen molar-refractivity contribution in [3.8, 4) is 0 Å². The van der Waals surface area contributed by atoms with Crippen molar-refractivity contribution in [2.75, 3.05) is 0 Å². The quantitative estimate of drug-likeness (QED) is 0.443. The number of hydrogen-bond donors (Lipinski definition) is 1. The fraction of sp³-hybridized carbons (Fsp3) is 0.417. The molecule has 0 saturated carbocycles. The zero-order valence-electron chi connectivity index (χ0n) is 8.99. The van der Waals surface area contributed by atoms with Crippen molar-refractivity contribution in [2.45, 2.75) is 33.1 Å². The second-order valence-electron chi connectivity index (χ2n) is 3.68. The zero-order valence-corrected chi connectivity index (χ0v) is 8.99. The lowest BCUT2D eigenvalue weighted by molar-refractivity contribution is 0.318. The summed E-state index contributed by atoms with van der Waals surface area (Å²) in [7, 11) is 0. The largest absolute Gasteiger partial charge is 0.411 e. The highest BCUT2D eigenvalue weighted by Crippen LogP contribution is 2.15. The molecule has 0 saturated heterocycles. The Kier molecular flexibility index (Phi) is 3.69. The molecule has 0 aliphatic heterocycles. The molecule has 0 aliphatic rings. The fourth-order valence-electron chi connectivity index (χ4n) is 1.39. The van der Waals surface area contributed by atoms with E-state index in [1.54, 1.807) is 0 Å². The molecule has 14 heavy (non-hydrogen) atoms. The van der Waals surface area contributed by atoms with E-state index < -0.39 is 0 Å². The highest BCUT2D eigenvalue weighted by Gasteiger charge is 2.03. The van der Waals surface area contributed by atoms with Crippen molar-refractivity contribution in [3.63, 3.8) is 0 Å². The van der Waals surface area contributed by atoms with Crippen molar-refractivity contribution >= 4 is 5.71 Å². The molecule has 76 valence electrons. The van der Waals surface area contributed by atoms with E-state index in [-0.39, 0.29) is 0 Å². The van der Waals surface area contributed by atoms with Gasteiger partial charge in [-0.05, 0) is 23.5 Å². The Balaban J connectivity index is 2.93. The van der Waals surface area contributed by atoms with Crippen LogP contribution in [0, 0.1) is 0 Å². The molecule has 2 heteroatoms. The summed E-state index contributed by atoms with van der Waals surface area (Å²) >= 11 is 0. The molecule has 0 aliphatic carbocycles. The summed E-state index contributed by atoms with van der Waals surface area (Å²) in [4.78, 5) is 0. The Morgan fingerprint density at radius 3 is 2.21 bits per heavy atom. The van der Waals surface area contributed by atoms with E-state index in [9.17, 15) is 0 Å². The van der Waals surface area contributed by atoms with Crippen LogP contribution in [0.25, 0.3) is 0 Å². The van der Waals surface area contributed by atoms with Gasteiger partial charge in [-0.3, -0.25) is 0 Å². The molecular weight excluding hydrogens is 174 g/mol. The Hall–Kier alpha value is -1.31. The van der Waals surface area contributed by atoms with Gasteiger partial charge < -0.3 is 5.21 Å². The van der Waals surface area contributed by atoms with Crippen LogP contribution in [0.1, 0.15) is 44.2 Å². The number of nitrogens with zero attached hydrogens (tertiary/aromatic N) is 1. The summed E-state index contributed by atoms with van der Waals surface area (Å²) in [5, 5.41) is 12.0. The number of hydrogen-bond acceptors (Lipinski definition) is 2. The fourth-order valence-corrected chi connectivity index (χ4v) is 1.39. The van der Waals surface area contributed by atoms with Gasteiger partial charge in [0.2, 0.25) is 0 Å². The van der Waals surface area contributed by atoms with Crippen LogP contribution in [-0.4, -0.2) is 10.9 Å². The van der Waals surface area contributed by atoms with Crippen LogP contribution < -0.4 is 0 Å². The van der Waals surface area contributed by atoms with Crippen LogP contribution in [0.15, 0.2) is 29.4 Å². The average Bonchev–Trinajstić information content (AvgIpc) is 2.20. The lowest BCUT2D eigenvalue weighted by atomic mass is 10.00. The highest BCUT2D eigenvalue weighted by atomic mass is 16.4. The van der Waals surface area contributed by atoms with Crippen LogP contribution in [0.4, 0.5) is 0 Å². The van der Waals surface area contributed by atoms with Gasteiger partial charge in [0.1, 0.15) is 0 Å². The standard InChI is InChI=1S/C12H17NO/c1-4-12(13-14)11-7-5-10(6-8-11)9(2)3/h5-9,14H,4H2,1-3H3/b13-12+. The van der Waals surface area contributed by atoms with Crippen molar-refractivity contribution in [1.82, 2.24) is 0 Å². The second kappa shape index (κ2) is 4.80. The molecule has 0 unspecified atom stereocenters. The summed E-state index contributed by atoms with van der Waals surface area (Å²) in [6.07, 6.45) is 0.748. The molecule has 0 atom stereocenters. The van der Waals surface area contributed by atoms with Gasteiger partial charge >= 0.3 is 0 Å². The van der Waals surface area contributed by atoms with Gasteiger partial charge in [-0.25, -0.2) is 0 Å². The van der Waals surface area contributed by atoms with E-state index in [0.717, 1.165) is 17.7 Å². The van der Waals surface area contributed by atoms with Gasteiger partial charge in [0.15, 0.2) is 0 Å². The molecule has 0 spiro atoms. The van der Waals surface area contributed by atoms with Crippen LogP contribution in [0.3, 0.4) is 0 Å². The van der Waals surface area contributed by atoms with Crippen LogP contribution in [0.5, 0.6) is 0 Å². The minimum Gasteiger partial charge on any atom is -0.411 e. The van der Waals surface area contributed by atoms with E-state index in [1.165, 1.54) is 5.56 Å². The molecule has 1 aromatic rings. The first-order chi connectivity index (χ1) is 6.69. The molecule has 1 N–H and O–H groups in total. The lowest BCUT2D eigenvalue weighted by Crippen LogP contribution is -1.99. The van der Waals surface area contributed by atoms with Crippen LogP contribution in [0.2, 0.25) is 0 Å². The molecule has 0 heterocycles. The van der Waals surface area contributed by atoms with Crippen molar-refractivity contribution in [3.05, 3.63) is 35.4 Å². The third-order valence-electron chi connectivity index (χ3n) is 2.37. The monoisotopic (exact) mass is 191 g/mol.